The highest BCUT2D eigenvalue weighted by atomic mass is 32.2. The zero-order valence-electron chi connectivity index (χ0n) is 20.1. The van der Waals surface area contributed by atoms with Crippen molar-refractivity contribution in [3.63, 3.8) is 0 Å². The van der Waals surface area contributed by atoms with Crippen LogP contribution in [-0.4, -0.2) is 43.3 Å². The number of ketones is 1. The van der Waals surface area contributed by atoms with E-state index in [1.54, 1.807) is 0 Å². The van der Waals surface area contributed by atoms with Crippen LogP contribution in [0.3, 0.4) is 0 Å². The number of Topliss-reactive ketones (excluding diaryl/α,β-unsaturated/α-hetero) is 1. The predicted octanol–water partition coefficient (Wildman–Crippen LogP) is 5.49. The molecule has 8 rings (SSSR count). The molecule has 2 saturated heterocycles. The van der Waals surface area contributed by atoms with Crippen LogP contribution in [0.2, 0.25) is 0 Å². The number of nitrogens with zero attached hydrogens (tertiary/aromatic N) is 4. The Morgan fingerprint density at radius 3 is 2.57 bits per heavy atom. The SMILES string of the molecule is O=C(C1=CC=CC1)[C@@H]1[C@@H](c2ccncc2)C2CSCN2[C@@]12c1ccccc1-c1nc3ccccc3nc12. The minimum Gasteiger partial charge on any atom is -0.294 e. The molecule has 0 bridgehead atoms. The van der Waals surface area contributed by atoms with Gasteiger partial charge in [0.05, 0.1) is 28.3 Å². The van der Waals surface area contributed by atoms with Crippen molar-refractivity contribution in [3.8, 4) is 11.3 Å². The predicted molar refractivity (Wildman–Crippen MR) is 146 cm³/mol. The lowest BCUT2D eigenvalue weighted by Gasteiger charge is -2.39. The molecule has 0 saturated carbocycles. The van der Waals surface area contributed by atoms with Gasteiger partial charge in [-0.15, -0.1) is 11.8 Å². The smallest absolute Gasteiger partial charge is 0.165 e. The lowest BCUT2D eigenvalue weighted by atomic mass is 9.69. The van der Waals surface area contributed by atoms with Crippen molar-refractivity contribution >= 4 is 28.6 Å². The standard InChI is InChI=1S/C31H24N4OS/c36-29(20-7-1-2-8-20)27-26(19-13-15-32-16-14-19)25-17-37-18-35(25)31(27)22-10-4-3-9-21(22)28-30(31)34-24-12-6-5-11-23(24)33-28/h1-7,9-16,25-27H,8,17-18H2/t25?,26-,27-,31-/m0/s1. The van der Waals surface area contributed by atoms with Gasteiger partial charge >= 0.3 is 0 Å². The van der Waals surface area contributed by atoms with E-state index in [4.69, 9.17) is 9.97 Å². The van der Waals surface area contributed by atoms with E-state index in [9.17, 15) is 4.79 Å². The monoisotopic (exact) mass is 500 g/mol. The van der Waals surface area contributed by atoms with Crippen LogP contribution in [0.25, 0.3) is 22.3 Å². The average molecular weight is 501 g/mol. The molecule has 4 heterocycles. The number of rotatable bonds is 3. The zero-order chi connectivity index (χ0) is 24.6. The van der Waals surface area contributed by atoms with Crippen LogP contribution in [0, 0.1) is 5.92 Å². The number of benzene rings is 2. The zero-order valence-corrected chi connectivity index (χ0v) is 20.9. The summed E-state index contributed by atoms with van der Waals surface area (Å²) in [5.74, 6) is 1.78. The number of hydrogen-bond donors (Lipinski definition) is 0. The highest BCUT2D eigenvalue weighted by molar-refractivity contribution is 7.99. The van der Waals surface area contributed by atoms with E-state index < -0.39 is 5.54 Å². The topological polar surface area (TPSA) is 59.0 Å². The maximum Gasteiger partial charge on any atom is 0.165 e. The Kier molecular flexibility index (Phi) is 4.61. The molecule has 0 radical (unpaired) electrons. The summed E-state index contributed by atoms with van der Waals surface area (Å²) in [6, 6.07) is 21.0. The van der Waals surface area contributed by atoms with Crippen molar-refractivity contribution in [2.75, 3.05) is 11.6 Å². The van der Waals surface area contributed by atoms with Crippen molar-refractivity contribution in [1.82, 2.24) is 19.9 Å². The van der Waals surface area contributed by atoms with Crippen molar-refractivity contribution in [2.24, 2.45) is 5.92 Å². The van der Waals surface area contributed by atoms with Gasteiger partial charge in [0.15, 0.2) is 5.78 Å². The first kappa shape index (κ1) is 21.5. The average Bonchev–Trinajstić information content (AvgIpc) is 3.73. The quantitative estimate of drug-likeness (QED) is 0.371. The third-order valence-corrected chi connectivity index (χ3v) is 9.62. The fourth-order valence-corrected chi connectivity index (χ4v) is 8.50. The second-order valence-corrected chi connectivity index (χ2v) is 11.2. The van der Waals surface area contributed by atoms with Crippen LogP contribution >= 0.6 is 11.8 Å². The van der Waals surface area contributed by atoms with Gasteiger partial charge in [-0.1, -0.05) is 54.6 Å². The molecule has 2 fully saturated rings. The molecule has 5 nitrogen and oxygen atoms in total. The van der Waals surface area contributed by atoms with Gasteiger partial charge in [0, 0.05) is 41.5 Å². The van der Waals surface area contributed by atoms with E-state index >= 15 is 0 Å². The van der Waals surface area contributed by atoms with Gasteiger partial charge in [0.2, 0.25) is 0 Å². The summed E-state index contributed by atoms with van der Waals surface area (Å²) in [7, 11) is 0. The van der Waals surface area contributed by atoms with Gasteiger partial charge in [-0.2, -0.15) is 0 Å². The number of hydrogen-bond acceptors (Lipinski definition) is 6. The molecule has 4 atom stereocenters. The van der Waals surface area contributed by atoms with Crippen molar-refractivity contribution in [3.05, 3.63) is 114 Å². The summed E-state index contributed by atoms with van der Waals surface area (Å²) < 4.78 is 0. The second kappa shape index (κ2) is 7.94. The fourth-order valence-electron chi connectivity index (χ4n) is 7.17. The van der Waals surface area contributed by atoms with Crippen LogP contribution in [0.5, 0.6) is 0 Å². The molecule has 2 aromatic carbocycles. The van der Waals surface area contributed by atoms with Gasteiger partial charge in [-0.3, -0.25) is 14.7 Å². The molecule has 37 heavy (non-hydrogen) atoms. The first-order valence-electron chi connectivity index (χ1n) is 12.8. The van der Waals surface area contributed by atoms with Crippen LogP contribution in [0.1, 0.15) is 29.2 Å². The minimum atomic E-state index is -0.675. The summed E-state index contributed by atoms with van der Waals surface area (Å²) in [6.07, 6.45) is 10.5. The Morgan fingerprint density at radius 1 is 0.973 bits per heavy atom. The Bertz CT molecular complexity index is 1650. The van der Waals surface area contributed by atoms with Crippen LogP contribution in [0.15, 0.2) is 96.9 Å². The van der Waals surface area contributed by atoms with Gasteiger partial charge in [-0.25, -0.2) is 9.97 Å². The third-order valence-electron chi connectivity index (χ3n) is 8.58. The lowest BCUT2D eigenvalue weighted by Crippen LogP contribution is -2.48. The van der Waals surface area contributed by atoms with E-state index in [0.29, 0.717) is 6.42 Å². The molecular formula is C31H24N4OS. The van der Waals surface area contributed by atoms with Gasteiger partial charge < -0.3 is 0 Å². The highest BCUT2D eigenvalue weighted by Crippen LogP contribution is 2.65. The number of aromatic nitrogens is 3. The number of carbonyl (C=O) groups is 1. The maximum absolute atomic E-state index is 14.7. The van der Waals surface area contributed by atoms with Crippen LogP contribution < -0.4 is 0 Å². The van der Waals surface area contributed by atoms with E-state index in [0.717, 1.165) is 50.8 Å². The first-order chi connectivity index (χ1) is 18.3. The molecule has 4 aliphatic rings. The van der Waals surface area contributed by atoms with E-state index in [2.05, 4.69) is 52.4 Å². The highest BCUT2D eigenvalue weighted by Gasteiger charge is 2.68. The van der Waals surface area contributed by atoms with Crippen LogP contribution in [-0.2, 0) is 10.3 Å². The molecule has 0 N–H and O–H groups in total. The fraction of sp³-hybridized carbons (Fsp3) is 0.226. The Balaban J connectivity index is 1.48. The molecule has 180 valence electrons. The van der Waals surface area contributed by atoms with Gasteiger partial charge in [0.25, 0.3) is 0 Å². The van der Waals surface area contributed by atoms with E-state index in [1.807, 2.05) is 60.6 Å². The number of fused-ring (bicyclic) bond motifs is 8. The van der Waals surface area contributed by atoms with Gasteiger partial charge in [-0.05, 0) is 47.4 Å². The summed E-state index contributed by atoms with van der Waals surface area (Å²) in [5.41, 5.74) is 7.24. The number of para-hydroxylation sites is 2. The van der Waals surface area contributed by atoms with Crippen molar-refractivity contribution < 1.29 is 4.79 Å². The van der Waals surface area contributed by atoms with Crippen molar-refractivity contribution in [1.29, 1.82) is 0 Å². The molecule has 0 amide bonds. The molecule has 2 aromatic heterocycles. The molecule has 1 spiro atoms. The van der Waals surface area contributed by atoms with Crippen LogP contribution in [0.4, 0.5) is 0 Å². The second-order valence-electron chi connectivity index (χ2n) is 10.2. The summed E-state index contributed by atoms with van der Waals surface area (Å²) >= 11 is 1.95. The Labute approximate surface area is 219 Å². The molecule has 1 unspecified atom stereocenters. The largest absolute Gasteiger partial charge is 0.294 e. The summed E-state index contributed by atoms with van der Waals surface area (Å²) in [6.45, 7) is 0. The first-order valence-corrected chi connectivity index (χ1v) is 14.0. The number of allylic oxidation sites excluding steroid dienone is 4. The molecular weight excluding hydrogens is 476 g/mol. The maximum atomic E-state index is 14.7. The molecule has 6 heteroatoms. The molecule has 2 aliphatic heterocycles. The summed E-state index contributed by atoms with van der Waals surface area (Å²) in [5, 5.41) is 0. The third kappa shape index (κ3) is 2.80. The Morgan fingerprint density at radius 2 is 1.76 bits per heavy atom. The number of pyridine rings is 1. The normalized spacial score (nSPS) is 27.5. The Hall–Kier alpha value is -3.61. The number of carbonyl (C=O) groups excluding carboxylic acids is 1. The number of thioether (sulfide) groups is 1. The summed E-state index contributed by atoms with van der Waals surface area (Å²) in [4.78, 5) is 32.1. The lowest BCUT2D eigenvalue weighted by molar-refractivity contribution is -0.121. The van der Waals surface area contributed by atoms with E-state index in [-0.39, 0.29) is 23.7 Å². The van der Waals surface area contributed by atoms with Crippen molar-refractivity contribution in [2.45, 2.75) is 23.9 Å². The minimum absolute atomic E-state index is 0.0271. The van der Waals surface area contributed by atoms with E-state index in [1.165, 1.54) is 5.56 Å². The van der Waals surface area contributed by atoms with Gasteiger partial charge in [0.1, 0.15) is 5.54 Å². The molecule has 2 aliphatic carbocycles. The molecule has 4 aromatic rings.